The number of carbonyl (C=O) groups is 1. The minimum absolute atomic E-state index is 0.136. The summed E-state index contributed by atoms with van der Waals surface area (Å²) in [5.74, 6) is -0.214. The molecule has 0 unspecified atom stereocenters. The lowest BCUT2D eigenvalue weighted by Gasteiger charge is -2.12. The van der Waals surface area contributed by atoms with Gasteiger partial charge in [0.05, 0.1) is 12.5 Å². The Kier molecular flexibility index (Phi) is 5.01. The lowest BCUT2D eigenvalue weighted by atomic mass is 10.2. The monoisotopic (exact) mass is 217 g/mol. The number of rotatable bonds is 5. The molecular weight excluding hydrogens is 198 g/mol. The van der Waals surface area contributed by atoms with E-state index in [-0.39, 0.29) is 18.7 Å². The Morgan fingerprint density at radius 1 is 1.53 bits per heavy atom. The number of aliphatic hydroxyl groups excluding tert-OH is 1. The first kappa shape index (κ1) is 12.4. The predicted molar refractivity (Wildman–Crippen MR) is 54.2 cm³/mol. The second-order valence-corrected chi connectivity index (χ2v) is 4.03. The molecule has 1 saturated heterocycles. The molecule has 1 rings (SSSR count). The first-order chi connectivity index (χ1) is 7.08. The zero-order chi connectivity index (χ0) is 11.3. The summed E-state index contributed by atoms with van der Waals surface area (Å²) in [6.45, 7) is 0.941. The molecule has 0 radical (unpaired) electrons. The summed E-state index contributed by atoms with van der Waals surface area (Å²) < 4.78 is 10.1. The van der Waals surface area contributed by atoms with Crippen molar-refractivity contribution >= 4 is 5.97 Å². The summed E-state index contributed by atoms with van der Waals surface area (Å²) in [6.07, 6.45) is 0.948. The van der Waals surface area contributed by atoms with Crippen molar-refractivity contribution in [3.8, 4) is 0 Å². The van der Waals surface area contributed by atoms with Gasteiger partial charge in [-0.2, -0.15) is 0 Å². The number of esters is 1. The van der Waals surface area contributed by atoms with Crippen molar-refractivity contribution < 1.29 is 19.4 Å². The lowest BCUT2D eigenvalue weighted by molar-refractivity contribution is -0.152. The van der Waals surface area contributed by atoms with Crippen LogP contribution in [0, 0.1) is 0 Å². The van der Waals surface area contributed by atoms with Gasteiger partial charge in [-0.05, 0) is 20.5 Å². The molecule has 0 spiro atoms. The van der Waals surface area contributed by atoms with Crippen LogP contribution in [0.15, 0.2) is 0 Å². The smallest absolute Gasteiger partial charge is 0.307 e. The van der Waals surface area contributed by atoms with Crippen LogP contribution in [0.4, 0.5) is 0 Å². The van der Waals surface area contributed by atoms with E-state index in [1.54, 1.807) is 0 Å². The molecule has 2 atom stereocenters. The van der Waals surface area contributed by atoms with E-state index in [0.717, 1.165) is 6.42 Å². The average Bonchev–Trinajstić information content (AvgIpc) is 2.58. The van der Waals surface area contributed by atoms with E-state index in [1.165, 1.54) is 0 Å². The summed E-state index contributed by atoms with van der Waals surface area (Å²) in [4.78, 5) is 13.1. The van der Waals surface area contributed by atoms with Gasteiger partial charge < -0.3 is 19.5 Å². The van der Waals surface area contributed by atoms with Gasteiger partial charge in [-0.25, -0.2) is 0 Å². The Hall–Kier alpha value is -0.650. The fraction of sp³-hybridized carbons (Fsp3) is 0.900. The van der Waals surface area contributed by atoms with Crippen molar-refractivity contribution in [3.05, 3.63) is 0 Å². The molecule has 1 aliphatic heterocycles. The van der Waals surface area contributed by atoms with E-state index < -0.39 is 6.29 Å². The maximum atomic E-state index is 11.2. The molecule has 0 aromatic heterocycles. The third kappa shape index (κ3) is 5.11. The number of carbonyl (C=O) groups excluding carboxylic acids is 1. The number of hydrogen-bond acceptors (Lipinski definition) is 5. The molecule has 0 bridgehead atoms. The molecule has 88 valence electrons. The number of nitrogens with zero attached hydrogens (tertiary/aromatic N) is 1. The van der Waals surface area contributed by atoms with E-state index in [4.69, 9.17) is 14.6 Å². The highest BCUT2D eigenvalue weighted by Crippen LogP contribution is 2.17. The lowest BCUT2D eigenvalue weighted by Crippen LogP contribution is -2.22. The Morgan fingerprint density at radius 3 is 2.80 bits per heavy atom. The largest absolute Gasteiger partial charge is 0.463 e. The summed E-state index contributed by atoms with van der Waals surface area (Å²) >= 11 is 0. The molecular formula is C10H19NO4. The van der Waals surface area contributed by atoms with Gasteiger partial charge in [0.25, 0.3) is 0 Å². The highest BCUT2D eigenvalue weighted by atomic mass is 16.6. The van der Waals surface area contributed by atoms with Crippen molar-refractivity contribution in [2.24, 2.45) is 0 Å². The molecule has 0 amide bonds. The van der Waals surface area contributed by atoms with Crippen LogP contribution in [-0.2, 0) is 14.3 Å². The highest BCUT2D eigenvalue weighted by Gasteiger charge is 2.24. The van der Waals surface area contributed by atoms with Crippen molar-refractivity contribution in [3.63, 3.8) is 0 Å². The minimum Gasteiger partial charge on any atom is -0.463 e. The van der Waals surface area contributed by atoms with Crippen LogP contribution in [0.5, 0.6) is 0 Å². The van der Waals surface area contributed by atoms with Gasteiger partial charge in [0.2, 0.25) is 0 Å². The normalized spacial score (nSPS) is 25.9. The van der Waals surface area contributed by atoms with Crippen LogP contribution in [0.1, 0.15) is 19.3 Å². The van der Waals surface area contributed by atoms with Crippen molar-refractivity contribution in [1.29, 1.82) is 0 Å². The van der Waals surface area contributed by atoms with Gasteiger partial charge in [-0.15, -0.1) is 0 Å². The minimum atomic E-state index is -0.685. The Morgan fingerprint density at radius 2 is 2.27 bits per heavy atom. The topological polar surface area (TPSA) is 59.0 Å². The van der Waals surface area contributed by atoms with Crippen LogP contribution < -0.4 is 0 Å². The standard InChI is InChI=1S/C10H19NO4/c1-11(2)6-5-9(12)14-7-8-3-4-10(13)15-8/h8,10,13H,3-7H2,1-2H3/t8-,10+/m0/s1. The van der Waals surface area contributed by atoms with Crippen molar-refractivity contribution in [2.75, 3.05) is 27.2 Å². The fourth-order valence-corrected chi connectivity index (χ4v) is 1.38. The van der Waals surface area contributed by atoms with Crippen LogP contribution >= 0.6 is 0 Å². The maximum Gasteiger partial charge on any atom is 0.307 e. The van der Waals surface area contributed by atoms with Gasteiger partial charge >= 0.3 is 5.97 Å². The summed E-state index contributed by atoms with van der Waals surface area (Å²) in [7, 11) is 3.81. The van der Waals surface area contributed by atoms with Crippen molar-refractivity contribution in [1.82, 2.24) is 4.90 Å². The van der Waals surface area contributed by atoms with Gasteiger partial charge in [0.1, 0.15) is 6.61 Å². The van der Waals surface area contributed by atoms with E-state index in [9.17, 15) is 4.79 Å². The fourth-order valence-electron chi connectivity index (χ4n) is 1.38. The summed E-state index contributed by atoms with van der Waals surface area (Å²) in [5.41, 5.74) is 0. The number of hydrogen-bond donors (Lipinski definition) is 1. The van der Waals surface area contributed by atoms with Crippen LogP contribution in [0.25, 0.3) is 0 Å². The molecule has 5 nitrogen and oxygen atoms in total. The quantitative estimate of drug-likeness (QED) is 0.656. The Labute approximate surface area is 90.0 Å². The van der Waals surface area contributed by atoms with E-state index in [0.29, 0.717) is 19.4 Å². The van der Waals surface area contributed by atoms with Gasteiger partial charge in [-0.3, -0.25) is 4.79 Å². The molecule has 0 aliphatic carbocycles. The highest BCUT2D eigenvalue weighted by molar-refractivity contribution is 5.69. The predicted octanol–water partition coefficient (Wildman–Crippen LogP) is -0.0213. The maximum absolute atomic E-state index is 11.2. The summed E-state index contributed by atoms with van der Waals surface area (Å²) in [5, 5.41) is 9.07. The second-order valence-electron chi connectivity index (χ2n) is 4.03. The molecule has 1 aliphatic rings. The van der Waals surface area contributed by atoms with E-state index in [1.807, 2.05) is 19.0 Å². The van der Waals surface area contributed by atoms with E-state index in [2.05, 4.69) is 0 Å². The van der Waals surface area contributed by atoms with Crippen LogP contribution in [0.3, 0.4) is 0 Å². The molecule has 1 heterocycles. The Balaban J connectivity index is 2.06. The zero-order valence-corrected chi connectivity index (χ0v) is 9.31. The SMILES string of the molecule is CN(C)CCC(=O)OC[C@@H]1CC[C@H](O)O1. The third-order valence-electron chi connectivity index (χ3n) is 2.28. The first-order valence-electron chi connectivity index (χ1n) is 5.22. The molecule has 15 heavy (non-hydrogen) atoms. The number of ether oxygens (including phenoxy) is 2. The van der Waals surface area contributed by atoms with Gasteiger partial charge in [0.15, 0.2) is 6.29 Å². The van der Waals surface area contributed by atoms with Gasteiger partial charge in [0, 0.05) is 13.0 Å². The molecule has 1 N–H and O–H groups in total. The molecule has 1 fully saturated rings. The molecule has 0 aromatic rings. The van der Waals surface area contributed by atoms with Gasteiger partial charge in [-0.1, -0.05) is 0 Å². The molecule has 5 heteroatoms. The average molecular weight is 217 g/mol. The Bertz CT molecular complexity index is 208. The zero-order valence-electron chi connectivity index (χ0n) is 9.31. The first-order valence-corrected chi connectivity index (χ1v) is 5.22. The van der Waals surface area contributed by atoms with Crippen LogP contribution in [-0.4, -0.2) is 55.6 Å². The molecule has 0 aromatic carbocycles. The second kappa shape index (κ2) is 6.05. The molecule has 0 saturated carbocycles. The summed E-state index contributed by atoms with van der Waals surface area (Å²) in [6, 6.07) is 0. The van der Waals surface area contributed by atoms with E-state index >= 15 is 0 Å². The van der Waals surface area contributed by atoms with Crippen LogP contribution in [0.2, 0.25) is 0 Å². The van der Waals surface area contributed by atoms with Crippen molar-refractivity contribution in [2.45, 2.75) is 31.7 Å². The third-order valence-corrected chi connectivity index (χ3v) is 2.28. The number of aliphatic hydroxyl groups is 1.